The predicted octanol–water partition coefficient (Wildman–Crippen LogP) is 1.65. The average molecular weight is 170 g/mol. The molecule has 1 heterocycles. The summed E-state index contributed by atoms with van der Waals surface area (Å²) in [7, 11) is 0. The van der Waals surface area contributed by atoms with Gasteiger partial charge in [-0.1, -0.05) is 32.1 Å². The van der Waals surface area contributed by atoms with Crippen LogP contribution in [0.25, 0.3) is 0 Å². The fourth-order valence-electron chi connectivity index (χ4n) is 1.83. The van der Waals surface area contributed by atoms with Crippen LogP contribution < -0.4 is 11.1 Å². The second kappa shape index (κ2) is 6.44. The predicted molar refractivity (Wildman–Crippen MR) is 53.2 cm³/mol. The molecule has 0 aromatic heterocycles. The average Bonchev–Trinajstić information content (AvgIpc) is 2.14. The van der Waals surface area contributed by atoms with E-state index >= 15 is 0 Å². The Kier molecular flexibility index (Phi) is 5.37. The maximum absolute atomic E-state index is 5.65. The van der Waals surface area contributed by atoms with E-state index in [1.54, 1.807) is 0 Å². The van der Waals surface area contributed by atoms with Crippen LogP contribution in [0.4, 0.5) is 0 Å². The third-order valence-electron chi connectivity index (χ3n) is 2.70. The van der Waals surface area contributed by atoms with E-state index in [4.69, 9.17) is 5.73 Å². The molecule has 1 aliphatic rings. The molecule has 1 fully saturated rings. The SMILES string of the molecule is NCC1CCCCCCCCN1. The molecular formula is C10H22N2. The van der Waals surface area contributed by atoms with Crippen LogP contribution in [0.1, 0.15) is 44.9 Å². The Balaban J connectivity index is 2.17. The lowest BCUT2D eigenvalue weighted by molar-refractivity contribution is 0.431. The van der Waals surface area contributed by atoms with Gasteiger partial charge in [-0.25, -0.2) is 0 Å². The summed E-state index contributed by atoms with van der Waals surface area (Å²) in [4.78, 5) is 0. The summed E-state index contributed by atoms with van der Waals surface area (Å²) in [6.07, 6.45) is 9.61. The fraction of sp³-hybridized carbons (Fsp3) is 1.00. The Bertz CT molecular complexity index is 94.0. The smallest absolute Gasteiger partial charge is 0.0190 e. The van der Waals surface area contributed by atoms with Crippen LogP contribution in [-0.2, 0) is 0 Å². The van der Waals surface area contributed by atoms with Gasteiger partial charge in [-0.2, -0.15) is 0 Å². The van der Waals surface area contributed by atoms with Crippen molar-refractivity contribution in [3.63, 3.8) is 0 Å². The third kappa shape index (κ3) is 4.07. The van der Waals surface area contributed by atoms with Crippen LogP contribution in [-0.4, -0.2) is 19.1 Å². The largest absolute Gasteiger partial charge is 0.329 e. The minimum absolute atomic E-state index is 0.586. The van der Waals surface area contributed by atoms with Gasteiger partial charge in [-0.15, -0.1) is 0 Å². The number of nitrogens with two attached hydrogens (primary N) is 1. The van der Waals surface area contributed by atoms with E-state index in [1.165, 1.54) is 51.5 Å². The molecule has 2 nitrogen and oxygen atoms in total. The molecule has 3 N–H and O–H groups in total. The van der Waals surface area contributed by atoms with E-state index in [2.05, 4.69) is 5.32 Å². The van der Waals surface area contributed by atoms with Gasteiger partial charge in [0, 0.05) is 12.6 Å². The molecule has 1 saturated heterocycles. The van der Waals surface area contributed by atoms with Crippen LogP contribution in [0.5, 0.6) is 0 Å². The highest BCUT2D eigenvalue weighted by Gasteiger charge is 2.06. The summed E-state index contributed by atoms with van der Waals surface area (Å²) in [5, 5.41) is 3.51. The first-order valence-corrected chi connectivity index (χ1v) is 5.37. The zero-order valence-electron chi connectivity index (χ0n) is 8.02. The Morgan fingerprint density at radius 2 is 1.67 bits per heavy atom. The Hall–Kier alpha value is -0.0800. The molecule has 72 valence electrons. The van der Waals surface area contributed by atoms with Crippen molar-refractivity contribution in [1.82, 2.24) is 5.32 Å². The van der Waals surface area contributed by atoms with E-state index in [0.717, 1.165) is 6.54 Å². The first kappa shape index (κ1) is 10.0. The van der Waals surface area contributed by atoms with Gasteiger partial charge in [0.15, 0.2) is 0 Å². The molecule has 0 saturated carbocycles. The maximum atomic E-state index is 5.65. The minimum Gasteiger partial charge on any atom is -0.329 e. The number of hydrogen-bond donors (Lipinski definition) is 2. The van der Waals surface area contributed by atoms with Crippen LogP contribution in [0.3, 0.4) is 0 Å². The van der Waals surface area contributed by atoms with E-state index < -0.39 is 0 Å². The molecule has 2 heteroatoms. The second-order valence-electron chi connectivity index (χ2n) is 3.80. The van der Waals surface area contributed by atoms with E-state index in [-0.39, 0.29) is 0 Å². The van der Waals surface area contributed by atoms with Gasteiger partial charge in [0.25, 0.3) is 0 Å². The highest BCUT2D eigenvalue weighted by Crippen LogP contribution is 2.10. The summed E-state index contributed by atoms with van der Waals surface area (Å²) >= 11 is 0. The normalized spacial score (nSPS) is 28.2. The molecule has 0 aliphatic carbocycles. The lowest BCUT2D eigenvalue weighted by Gasteiger charge is -2.18. The molecule has 12 heavy (non-hydrogen) atoms. The molecule has 0 bridgehead atoms. The fourth-order valence-corrected chi connectivity index (χ4v) is 1.83. The number of nitrogens with one attached hydrogen (secondary N) is 1. The van der Waals surface area contributed by atoms with Crippen molar-refractivity contribution in [2.24, 2.45) is 5.73 Å². The van der Waals surface area contributed by atoms with Crippen LogP contribution >= 0.6 is 0 Å². The molecular weight excluding hydrogens is 148 g/mol. The first-order valence-electron chi connectivity index (χ1n) is 5.37. The van der Waals surface area contributed by atoms with Gasteiger partial charge < -0.3 is 11.1 Å². The number of hydrogen-bond acceptors (Lipinski definition) is 2. The zero-order chi connectivity index (χ0) is 8.65. The highest BCUT2D eigenvalue weighted by molar-refractivity contribution is 4.68. The first-order chi connectivity index (χ1) is 5.93. The molecule has 1 aliphatic heterocycles. The van der Waals surface area contributed by atoms with Crippen LogP contribution in [0.15, 0.2) is 0 Å². The summed E-state index contributed by atoms with van der Waals surface area (Å²) in [6, 6.07) is 0.586. The van der Waals surface area contributed by atoms with Crippen molar-refractivity contribution < 1.29 is 0 Å². The molecule has 1 unspecified atom stereocenters. The summed E-state index contributed by atoms with van der Waals surface area (Å²) in [5.74, 6) is 0. The Morgan fingerprint density at radius 3 is 2.42 bits per heavy atom. The zero-order valence-corrected chi connectivity index (χ0v) is 8.02. The van der Waals surface area contributed by atoms with Crippen LogP contribution in [0.2, 0.25) is 0 Å². The molecule has 0 radical (unpaired) electrons. The maximum Gasteiger partial charge on any atom is 0.0190 e. The monoisotopic (exact) mass is 170 g/mol. The molecule has 1 atom stereocenters. The van der Waals surface area contributed by atoms with E-state index in [9.17, 15) is 0 Å². The molecule has 0 spiro atoms. The summed E-state index contributed by atoms with van der Waals surface area (Å²) < 4.78 is 0. The van der Waals surface area contributed by atoms with Gasteiger partial charge in [0.1, 0.15) is 0 Å². The molecule has 1 rings (SSSR count). The van der Waals surface area contributed by atoms with E-state index in [1.807, 2.05) is 0 Å². The summed E-state index contributed by atoms with van der Waals surface area (Å²) in [6.45, 7) is 1.97. The lowest BCUT2D eigenvalue weighted by atomic mass is 10.0. The highest BCUT2D eigenvalue weighted by atomic mass is 14.9. The Morgan fingerprint density at radius 1 is 1.00 bits per heavy atom. The second-order valence-corrected chi connectivity index (χ2v) is 3.80. The van der Waals surface area contributed by atoms with Crippen molar-refractivity contribution in [2.45, 2.75) is 51.0 Å². The standard InChI is InChI=1S/C10H22N2/c11-9-10-7-5-3-1-2-4-6-8-12-10/h10,12H,1-9,11H2. The minimum atomic E-state index is 0.586. The third-order valence-corrected chi connectivity index (χ3v) is 2.70. The van der Waals surface area contributed by atoms with Crippen molar-refractivity contribution in [3.05, 3.63) is 0 Å². The van der Waals surface area contributed by atoms with E-state index in [0.29, 0.717) is 6.04 Å². The Labute approximate surface area is 75.9 Å². The number of rotatable bonds is 1. The van der Waals surface area contributed by atoms with Gasteiger partial charge >= 0.3 is 0 Å². The van der Waals surface area contributed by atoms with Gasteiger partial charge in [0.2, 0.25) is 0 Å². The van der Waals surface area contributed by atoms with Crippen molar-refractivity contribution in [3.8, 4) is 0 Å². The van der Waals surface area contributed by atoms with Crippen molar-refractivity contribution >= 4 is 0 Å². The quantitative estimate of drug-likeness (QED) is 0.628. The van der Waals surface area contributed by atoms with Crippen molar-refractivity contribution in [2.75, 3.05) is 13.1 Å². The summed E-state index contributed by atoms with van der Waals surface area (Å²) in [5.41, 5.74) is 5.65. The van der Waals surface area contributed by atoms with Crippen molar-refractivity contribution in [1.29, 1.82) is 0 Å². The van der Waals surface area contributed by atoms with Gasteiger partial charge in [-0.3, -0.25) is 0 Å². The molecule has 0 amide bonds. The van der Waals surface area contributed by atoms with Crippen LogP contribution in [0, 0.1) is 0 Å². The van der Waals surface area contributed by atoms with Gasteiger partial charge in [-0.05, 0) is 19.4 Å². The lowest BCUT2D eigenvalue weighted by Crippen LogP contribution is -2.36. The molecule has 0 aromatic carbocycles. The van der Waals surface area contributed by atoms with Gasteiger partial charge in [0.05, 0.1) is 0 Å². The molecule has 0 aromatic rings. The topological polar surface area (TPSA) is 38.0 Å².